The van der Waals surface area contributed by atoms with Crippen molar-refractivity contribution in [1.82, 2.24) is 4.90 Å². The van der Waals surface area contributed by atoms with Crippen molar-refractivity contribution in [2.75, 3.05) is 7.05 Å². The van der Waals surface area contributed by atoms with Crippen molar-refractivity contribution in [3.8, 4) is 0 Å². The van der Waals surface area contributed by atoms with Crippen LogP contribution in [-0.4, -0.2) is 23.5 Å². The molecule has 1 amide bonds. The Kier molecular flexibility index (Phi) is 4.37. The first kappa shape index (κ1) is 16.3. The lowest BCUT2D eigenvalue weighted by Crippen LogP contribution is -2.37. The van der Waals surface area contributed by atoms with E-state index in [0.29, 0.717) is 28.5 Å². The fraction of sp³-hybridized carbons (Fsp3) is 0.278. The molecule has 3 rings (SSSR count). The van der Waals surface area contributed by atoms with E-state index in [-0.39, 0.29) is 6.04 Å². The molecule has 0 aromatic heterocycles. The Bertz CT molecular complexity index is 750. The first-order valence-electron chi connectivity index (χ1n) is 7.42. The number of carbonyl (C=O) groups excluding carboxylic acids is 1. The number of fused-ring (bicyclic) bond motifs is 1. The number of amides is 1. The third kappa shape index (κ3) is 2.74. The highest BCUT2D eigenvalue weighted by Gasteiger charge is 2.40. The maximum Gasteiger partial charge on any atom is 0.209 e. The zero-order chi connectivity index (χ0) is 16.6. The third-order valence-electron chi connectivity index (χ3n) is 4.60. The molecule has 2 aromatic rings. The van der Waals surface area contributed by atoms with E-state index < -0.39 is 5.60 Å². The van der Waals surface area contributed by atoms with Crippen molar-refractivity contribution in [3.05, 3.63) is 69.2 Å². The fourth-order valence-electron chi connectivity index (χ4n) is 3.35. The predicted octanol–water partition coefficient (Wildman–Crippen LogP) is 4.15. The van der Waals surface area contributed by atoms with Crippen LogP contribution in [0, 0.1) is 0 Å². The van der Waals surface area contributed by atoms with Crippen molar-refractivity contribution in [2.24, 2.45) is 0 Å². The Morgan fingerprint density at radius 1 is 1.22 bits per heavy atom. The summed E-state index contributed by atoms with van der Waals surface area (Å²) in [6.07, 6.45) is 2.00. The van der Waals surface area contributed by atoms with Gasteiger partial charge in [0.2, 0.25) is 6.41 Å². The summed E-state index contributed by atoms with van der Waals surface area (Å²) in [5.41, 5.74) is 1.35. The second-order valence-electron chi connectivity index (χ2n) is 5.90. The van der Waals surface area contributed by atoms with E-state index >= 15 is 0 Å². The number of benzene rings is 2. The largest absolute Gasteiger partial charge is 0.380 e. The molecule has 0 heterocycles. The molecule has 1 N–H and O–H groups in total. The van der Waals surface area contributed by atoms with Crippen molar-refractivity contribution >= 4 is 29.6 Å². The van der Waals surface area contributed by atoms with Gasteiger partial charge in [0.1, 0.15) is 5.60 Å². The van der Waals surface area contributed by atoms with E-state index in [4.69, 9.17) is 23.2 Å². The smallest absolute Gasteiger partial charge is 0.209 e. The van der Waals surface area contributed by atoms with Gasteiger partial charge >= 0.3 is 0 Å². The molecule has 0 spiro atoms. The normalized spacial score (nSPS) is 23.2. The van der Waals surface area contributed by atoms with Crippen LogP contribution >= 0.6 is 23.2 Å². The van der Waals surface area contributed by atoms with Gasteiger partial charge < -0.3 is 10.0 Å². The Hall–Kier alpha value is -1.55. The third-order valence-corrected chi connectivity index (χ3v) is 5.34. The van der Waals surface area contributed by atoms with E-state index in [0.717, 1.165) is 17.5 Å². The molecule has 0 unspecified atom stereocenters. The molecule has 23 heavy (non-hydrogen) atoms. The monoisotopic (exact) mass is 349 g/mol. The minimum Gasteiger partial charge on any atom is -0.380 e. The van der Waals surface area contributed by atoms with E-state index in [2.05, 4.69) is 0 Å². The van der Waals surface area contributed by atoms with Gasteiger partial charge in [-0.1, -0.05) is 53.5 Å². The lowest BCUT2D eigenvalue weighted by Gasteiger charge is -2.40. The highest BCUT2D eigenvalue weighted by Crippen LogP contribution is 2.46. The second-order valence-corrected chi connectivity index (χ2v) is 6.72. The summed E-state index contributed by atoms with van der Waals surface area (Å²) in [7, 11) is 1.76. The number of hydrogen-bond acceptors (Lipinski definition) is 2. The lowest BCUT2D eigenvalue weighted by molar-refractivity contribution is -0.119. The van der Waals surface area contributed by atoms with Gasteiger partial charge in [-0.15, -0.1) is 0 Å². The molecule has 0 fully saturated rings. The van der Waals surface area contributed by atoms with Crippen LogP contribution in [0.3, 0.4) is 0 Å². The van der Waals surface area contributed by atoms with Crippen LogP contribution in [0.1, 0.15) is 35.6 Å². The number of rotatable bonds is 3. The summed E-state index contributed by atoms with van der Waals surface area (Å²) in [6.45, 7) is 0. The lowest BCUT2D eigenvalue weighted by atomic mass is 9.73. The van der Waals surface area contributed by atoms with Crippen molar-refractivity contribution in [1.29, 1.82) is 0 Å². The molecule has 3 nitrogen and oxygen atoms in total. The van der Waals surface area contributed by atoms with Crippen LogP contribution in [0.15, 0.2) is 42.5 Å². The topological polar surface area (TPSA) is 40.5 Å². The van der Waals surface area contributed by atoms with Gasteiger partial charge in [0.15, 0.2) is 0 Å². The van der Waals surface area contributed by atoms with Crippen LogP contribution in [-0.2, 0) is 10.4 Å². The molecule has 0 aliphatic heterocycles. The van der Waals surface area contributed by atoms with E-state index in [1.165, 1.54) is 0 Å². The Labute approximate surface area is 145 Å². The molecule has 5 heteroatoms. The van der Waals surface area contributed by atoms with Crippen LogP contribution in [0.5, 0.6) is 0 Å². The number of aliphatic hydroxyl groups is 1. The van der Waals surface area contributed by atoms with Crippen molar-refractivity contribution < 1.29 is 9.90 Å². The Morgan fingerprint density at radius 3 is 2.65 bits per heavy atom. The molecule has 0 saturated heterocycles. The molecule has 2 atom stereocenters. The molecular weight excluding hydrogens is 333 g/mol. The molecular formula is C18H17Cl2NO2. The quantitative estimate of drug-likeness (QED) is 0.845. The minimum absolute atomic E-state index is 0.0354. The summed E-state index contributed by atoms with van der Waals surface area (Å²) in [6, 6.07) is 12.9. The van der Waals surface area contributed by atoms with Crippen LogP contribution in [0.4, 0.5) is 0 Å². The Balaban J connectivity index is 2.13. The average molecular weight is 350 g/mol. The van der Waals surface area contributed by atoms with Gasteiger partial charge in [0.25, 0.3) is 0 Å². The molecule has 0 bridgehead atoms. The second kappa shape index (κ2) is 6.16. The van der Waals surface area contributed by atoms with E-state index in [1.54, 1.807) is 30.1 Å². The standard InChI is InChI=1S/C18H17Cl2NO2/c1-21(11-22)17-8-9-18(23,14-5-3-2-4-13(14)17)12-6-7-15(19)16(20)10-12/h2-7,10-11,17,23H,8-9H2,1H3/t17-,18+/m0/s1. The number of hydrogen-bond donors (Lipinski definition) is 1. The van der Waals surface area contributed by atoms with Gasteiger partial charge in [-0.3, -0.25) is 4.79 Å². The van der Waals surface area contributed by atoms with Crippen LogP contribution < -0.4 is 0 Å². The highest BCUT2D eigenvalue weighted by atomic mass is 35.5. The number of halogens is 2. The SMILES string of the molecule is CN(C=O)[C@H]1CC[C@@](O)(c2ccc(Cl)c(Cl)c2)c2ccccc21. The van der Waals surface area contributed by atoms with Gasteiger partial charge in [-0.2, -0.15) is 0 Å². The molecule has 2 aromatic carbocycles. The summed E-state index contributed by atoms with van der Waals surface area (Å²) in [5, 5.41) is 12.3. The predicted molar refractivity (Wildman–Crippen MR) is 91.7 cm³/mol. The number of nitrogens with zero attached hydrogens (tertiary/aromatic N) is 1. The van der Waals surface area contributed by atoms with Gasteiger partial charge in [-0.05, 0) is 41.7 Å². The zero-order valence-electron chi connectivity index (χ0n) is 12.7. The highest BCUT2D eigenvalue weighted by molar-refractivity contribution is 6.42. The average Bonchev–Trinajstić information content (AvgIpc) is 2.57. The van der Waals surface area contributed by atoms with Gasteiger partial charge in [0.05, 0.1) is 16.1 Å². The van der Waals surface area contributed by atoms with Crippen molar-refractivity contribution in [2.45, 2.75) is 24.5 Å². The summed E-state index contributed by atoms with van der Waals surface area (Å²) in [4.78, 5) is 12.8. The maximum absolute atomic E-state index is 11.4. The molecule has 0 radical (unpaired) electrons. The first-order chi connectivity index (χ1) is 11.0. The minimum atomic E-state index is -1.13. The summed E-state index contributed by atoms with van der Waals surface area (Å²) in [5.74, 6) is 0. The molecule has 1 aliphatic rings. The first-order valence-corrected chi connectivity index (χ1v) is 8.17. The Morgan fingerprint density at radius 2 is 1.96 bits per heavy atom. The van der Waals surface area contributed by atoms with Crippen molar-refractivity contribution in [3.63, 3.8) is 0 Å². The molecule has 0 saturated carbocycles. The van der Waals surface area contributed by atoms with Crippen LogP contribution in [0.25, 0.3) is 0 Å². The number of carbonyl (C=O) groups is 1. The summed E-state index contributed by atoms with van der Waals surface area (Å²) < 4.78 is 0. The fourth-order valence-corrected chi connectivity index (χ4v) is 3.65. The summed E-state index contributed by atoms with van der Waals surface area (Å²) >= 11 is 12.1. The zero-order valence-corrected chi connectivity index (χ0v) is 14.2. The van der Waals surface area contributed by atoms with Gasteiger partial charge in [0, 0.05) is 7.05 Å². The van der Waals surface area contributed by atoms with E-state index in [9.17, 15) is 9.90 Å². The molecule has 1 aliphatic carbocycles. The van der Waals surface area contributed by atoms with E-state index in [1.807, 2.05) is 24.3 Å². The van der Waals surface area contributed by atoms with Crippen LogP contribution in [0.2, 0.25) is 10.0 Å². The van der Waals surface area contributed by atoms with Gasteiger partial charge in [-0.25, -0.2) is 0 Å². The molecule has 120 valence electrons. The maximum atomic E-state index is 11.4.